The predicted octanol–water partition coefficient (Wildman–Crippen LogP) is 3.09. The van der Waals surface area contributed by atoms with E-state index < -0.39 is 0 Å². The molecule has 0 saturated carbocycles. The summed E-state index contributed by atoms with van der Waals surface area (Å²) in [6.07, 6.45) is 0. The summed E-state index contributed by atoms with van der Waals surface area (Å²) >= 11 is 1.81. The molecule has 0 unspecified atom stereocenters. The van der Waals surface area contributed by atoms with Crippen molar-refractivity contribution in [2.24, 2.45) is 10.9 Å². The predicted molar refractivity (Wildman–Crippen MR) is 83.2 cm³/mol. The van der Waals surface area contributed by atoms with Gasteiger partial charge >= 0.3 is 0 Å². The number of rotatable bonds is 5. The molecule has 4 heteroatoms. The smallest absolute Gasteiger partial charge is 0.156 e. The molecular formula is C15H22N2OS. The van der Waals surface area contributed by atoms with Crippen LogP contribution in [0.25, 0.3) is 0 Å². The summed E-state index contributed by atoms with van der Waals surface area (Å²) < 4.78 is 5.68. The lowest BCUT2D eigenvalue weighted by molar-refractivity contribution is 0.328. The summed E-state index contributed by atoms with van der Waals surface area (Å²) in [6.45, 7) is 7.87. The summed E-state index contributed by atoms with van der Waals surface area (Å²) in [7, 11) is 0. The molecule has 3 nitrogen and oxygen atoms in total. The van der Waals surface area contributed by atoms with Crippen LogP contribution in [0, 0.1) is 12.8 Å². The Morgan fingerprint density at radius 3 is 3.00 bits per heavy atom. The Morgan fingerprint density at radius 2 is 2.32 bits per heavy atom. The van der Waals surface area contributed by atoms with Crippen LogP contribution < -0.4 is 10.1 Å². The third kappa shape index (κ3) is 4.46. The van der Waals surface area contributed by atoms with Gasteiger partial charge < -0.3 is 10.1 Å². The maximum Gasteiger partial charge on any atom is 0.156 e. The van der Waals surface area contributed by atoms with E-state index in [0.717, 1.165) is 16.7 Å². The maximum absolute atomic E-state index is 5.68. The zero-order valence-corrected chi connectivity index (χ0v) is 12.7. The highest BCUT2D eigenvalue weighted by Gasteiger charge is 2.22. The van der Waals surface area contributed by atoms with E-state index in [4.69, 9.17) is 4.74 Å². The van der Waals surface area contributed by atoms with Crippen molar-refractivity contribution in [1.29, 1.82) is 0 Å². The molecule has 1 aromatic carbocycles. The van der Waals surface area contributed by atoms with E-state index in [9.17, 15) is 0 Å². The topological polar surface area (TPSA) is 33.6 Å². The number of benzene rings is 1. The van der Waals surface area contributed by atoms with Crippen molar-refractivity contribution < 1.29 is 4.74 Å². The second-order valence-corrected chi connectivity index (χ2v) is 6.17. The van der Waals surface area contributed by atoms with Crippen molar-refractivity contribution in [2.75, 3.05) is 18.9 Å². The second-order valence-electron chi connectivity index (χ2n) is 5.16. The lowest BCUT2D eigenvalue weighted by Gasteiger charge is -2.13. The summed E-state index contributed by atoms with van der Waals surface area (Å²) in [5.41, 5.74) is 1.22. The number of thioether (sulfide) groups is 1. The lowest BCUT2D eigenvalue weighted by Crippen LogP contribution is -2.31. The molecule has 0 aliphatic carbocycles. The number of ether oxygens (including phenoxy) is 1. The summed E-state index contributed by atoms with van der Waals surface area (Å²) in [4.78, 5) is 4.54. The molecule has 1 aromatic rings. The third-order valence-corrected chi connectivity index (χ3v) is 4.16. The first-order valence-electron chi connectivity index (χ1n) is 6.78. The highest BCUT2D eigenvalue weighted by molar-refractivity contribution is 8.14. The number of amidine groups is 1. The van der Waals surface area contributed by atoms with Gasteiger partial charge in [0.05, 0.1) is 6.54 Å². The lowest BCUT2D eigenvalue weighted by atomic mass is 10.1. The molecule has 0 amide bonds. The fourth-order valence-corrected chi connectivity index (χ4v) is 3.10. The van der Waals surface area contributed by atoms with Crippen LogP contribution in [0.4, 0.5) is 0 Å². The van der Waals surface area contributed by atoms with Crippen molar-refractivity contribution in [3.63, 3.8) is 0 Å². The molecule has 1 fully saturated rings. The Balaban J connectivity index is 1.72. The van der Waals surface area contributed by atoms with E-state index in [1.54, 1.807) is 0 Å². The standard InChI is InChI=1S/C15H22N2OS/c1-11(2)14-10-19-15(17-14)16-7-8-18-13-6-4-5-12(3)9-13/h4-6,9,11,14H,7-8,10H2,1-3H3,(H,16,17)/t14-/m1/s1. The van der Waals surface area contributed by atoms with Crippen LogP contribution in [0.5, 0.6) is 5.75 Å². The van der Waals surface area contributed by atoms with Crippen LogP contribution in [-0.4, -0.2) is 30.1 Å². The molecule has 1 aliphatic heterocycles. The van der Waals surface area contributed by atoms with Gasteiger partial charge in [-0.2, -0.15) is 0 Å². The third-order valence-electron chi connectivity index (χ3n) is 3.12. The molecule has 0 radical (unpaired) electrons. The molecule has 1 heterocycles. The van der Waals surface area contributed by atoms with Gasteiger partial charge in [-0.1, -0.05) is 37.7 Å². The average Bonchev–Trinajstić information content (AvgIpc) is 2.84. The number of nitrogens with zero attached hydrogens (tertiary/aromatic N) is 1. The van der Waals surface area contributed by atoms with Crippen LogP contribution in [0.2, 0.25) is 0 Å². The van der Waals surface area contributed by atoms with Crippen molar-refractivity contribution in [2.45, 2.75) is 26.8 Å². The minimum Gasteiger partial charge on any atom is -0.492 e. The SMILES string of the molecule is Cc1cccc(OCCN=C2N[C@@H](C(C)C)CS2)c1. The quantitative estimate of drug-likeness (QED) is 0.840. The molecular weight excluding hydrogens is 256 g/mol. The van der Waals surface area contributed by atoms with E-state index >= 15 is 0 Å². The van der Waals surface area contributed by atoms with E-state index in [2.05, 4.69) is 37.1 Å². The molecule has 1 N–H and O–H groups in total. The van der Waals surface area contributed by atoms with Gasteiger partial charge in [0.1, 0.15) is 12.4 Å². The largest absolute Gasteiger partial charge is 0.492 e. The Kier molecular flexibility index (Phi) is 5.14. The van der Waals surface area contributed by atoms with Crippen LogP contribution in [0.15, 0.2) is 29.3 Å². The molecule has 0 spiro atoms. The second kappa shape index (κ2) is 6.85. The monoisotopic (exact) mass is 278 g/mol. The van der Waals surface area contributed by atoms with E-state index in [-0.39, 0.29) is 0 Å². The van der Waals surface area contributed by atoms with Gasteiger partial charge in [-0.25, -0.2) is 0 Å². The molecule has 2 rings (SSSR count). The van der Waals surface area contributed by atoms with Crippen molar-refractivity contribution >= 4 is 16.9 Å². The van der Waals surface area contributed by atoms with Gasteiger partial charge in [0.15, 0.2) is 5.17 Å². The van der Waals surface area contributed by atoms with E-state index in [1.807, 2.05) is 30.0 Å². The first-order valence-corrected chi connectivity index (χ1v) is 7.77. The zero-order chi connectivity index (χ0) is 13.7. The Morgan fingerprint density at radius 1 is 1.47 bits per heavy atom. The van der Waals surface area contributed by atoms with Gasteiger partial charge in [0.25, 0.3) is 0 Å². The number of aryl methyl sites for hydroxylation is 1. The molecule has 104 valence electrons. The number of nitrogens with one attached hydrogen (secondary N) is 1. The molecule has 1 aliphatic rings. The molecule has 0 aromatic heterocycles. The highest BCUT2D eigenvalue weighted by Crippen LogP contribution is 2.19. The number of hydrogen-bond donors (Lipinski definition) is 1. The van der Waals surface area contributed by atoms with E-state index in [1.165, 1.54) is 5.56 Å². The molecule has 1 atom stereocenters. The van der Waals surface area contributed by atoms with Gasteiger partial charge in [-0.05, 0) is 30.5 Å². The van der Waals surface area contributed by atoms with Crippen LogP contribution >= 0.6 is 11.8 Å². The number of aliphatic imine (C=N–C) groups is 1. The van der Waals surface area contributed by atoms with Gasteiger partial charge in [0, 0.05) is 11.8 Å². The van der Waals surface area contributed by atoms with E-state index in [0.29, 0.717) is 25.1 Å². The van der Waals surface area contributed by atoms with Crippen LogP contribution in [-0.2, 0) is 0 Å². The summed E-state index contributed by atoms with van der Waals surface area (Å²) in [5, 5.41) is 4.52. The average molecular weight is 278 g/mol. The van der Waals surface area contributed by atoms with Gasteiger partial charge in [-0.3, -0.25) is 4.99 Å². The molecule has 19 heavy (non-hydrogen) atoms. The first kappa shape index (κ1) is 14.3. The Hall–Kier alpha value is -1.16. The minimum absolute atomic E-state index is 0.557. The molecule has 0 bridgehead atoms. The fraction of sp³-hybridized carbons (Fsp3) is 0.533. The molecule has 1 saturated heterocycles. The minimum atomic E-state index is 0.557. The van der Waals surface area contributed by atoms with Crippen LogP contribution in [0.3, 0.4) is 0 Å². The van der Waals surface area contributed by atoms with Crippen molar-refractivity contribution in [3.05, 3.63) is 29.8 Å². The first-order chi connectivity index (χ1) is 9.15. The van der Waals surface area contributed by atoms with Crippen molar-refractivity contribution in [1.82, 2.24) is 5.32 Å². The maximum atomic E-state index is 5.68. The Bertz CT molecular complexity index is 446. The fourth-order valence-electron chi connectivity index (χ4n) is 1.88. The van der Waals surface area contributed by atoms with Gasteiger partial charge in [0.2, 0.25) is 0 Å². The summed E-state index contributed by atoms with van der Waals surface area (Å²) in [5.74, 6) is 2.70. The summed E-state index contributed by atoms with van der Waals surface area (Å²) in [6, 6.07) is 8.67. The van der Waals surface area contributed by atoms with Crippen molar-refractivity contribution in [3.8, 4) is 5.75 Å². The normalized spacial score (nSPS) is 20.8. The van der Waals surface area contributed by atoms with Gasteiger partial charge in [-0.15, -0.1) is 0 Å². The Labute approximate surface area is 119 Å². The highest BCUT2D eigenvalue weighted by atomic mass is 32.2. The number of hydrogen-bond acceptors (Lipinski definition) is 3. The van der Waals surface area contributed by atoms with Crippen LogP contribution in [0.1, 0.15) is 19.4 Å². The zero-order valence-electron chi connectivity index (χ0n) is 11.8.